The molecule has 0 radical (unpaired) electrons. The predicted molar refractivity (Wildman–Crippen MR) is 129 cm³/mol. The lowest BCUT2D eigenvalue weighted by atomic mass is 10.0. The third-order valence-corrected chi connectivity index (χ3v) is 5.33. The third-order valence-electron chi connectivity index (χ3n) is 5.33. The van der Waals surface area contributed by atoms with Gasteiger partial charge in [0.15, 0.2) is 0 Å². The molecule has 0 fully saturated rings. The van der Waals surface area contributed by atoms with Gasteiger partial charge in [0.1, 0.15) is 18.1 Å². The van der Waals surface area contributed by atoms with E-state index in [4.69, 9.17) is 11.5 Å². The number of aliphatic hydroxyl groups is 1. The Morgan fingerprint density at radius 1 is 0.973 bits per heavy atom. The number of H-pyrrole nitrogens is 1. The van der Waals surface area contributed by atoms with Crippen LogP contribution in [0.2, 0.25) is 0 Å². The Bertz CT molecular complexity index is 1080. The second kappa shape index (κ2) is 13.7. The molecule has 0 aliphatic heterocycles. The van der Waals surface area contributed by atoms with Crippen molar-refractivity contribution in [2.45, 2.75) is 56.5 Å². The van der Waals surface area contributed by atoms with E-state index in [1.54, 1.807) is 30.3 Å². The number of nitrogens with one attached hydrogen (secondary N) is 4. The van der Waals surface area contributed by atoms with E-state index in [0.29, 0.717) is 11.3 Å². The summed E-state index contributed by atoms with van der Waals surface area (Å²) in [5, 5.41) is 26.5. The van der Waals surface area contributed by atoms with Gasteiger partial charge in [-0.1, -0.05) is 30.3 Å². The molecule has 37 heavy (non-hydrogen) atoms. The first kappa shape index (κ1) is 28.9. The molecule has 2 aromatic rings. The number of carbonyl (C=O) groups excluding carboxylic acids is 4. The number of carboxylic acids is 1. The number of benzene rings is 1. The summed E-state index contributed by atoms with van der Waals surface area (Å²) in [5.41, 5.74) is 12.3. The first-order valence-corrected chi connectivity index (χ1v) is 11.3. The average molecular weight is 518 g/mol. The fourth-order valence-electron chi connectivity index (χ4n) is 3.39. The van der Waals surface area contributed by atoms with Crippen LogP contribution in [-0.4, -0.2) is 80.1 Å². The summed E-state index contributed by atoms with van der Waals surface area (Å²) in [6.07, 6.45) is 0.830. The number of carbonyl (C=O) groups is 5. The molecule has 5 atom stereocenters. The molecule has 0 aliphatic rings. The van der Waals surface area contributed by atoms with E-state index in [9.17, 15) is 34.2 Å². The van der Waals surface area contributed by atoms with Gasteiger partial charge in [-0.3, -0.25) is 19.2 Å². The molecule has 1 aromatic heterocycles. The lowest BCUT2D eigenvalue weighted by molar-refractivity contribution is -0.142. The van der Waals surface area contributed by atoms with Gasteiger partial charge in [-0.15, -0.1) is 0 Å². The standard InChI is InChI=1S/C23H31N7O7/c1-12(31)19(30-20(33)15(24)8-14-10-26-11-27-14)22(35)28-16(9-18(25)32)21(34)29-17(23(36)37)7-13-5-3-2-4-6-13/h2-6,10-12,15-17,19,31H,7-9,24H2,1H3,(H2,25,32)(H,26,27)(H,28,35)(H,29,34)(H,30,33)(H,36,37). The van der Waals surface area contributed by atoms with Crippen LogP contribution < -0.4 is 27.4 Å². The van der Waals surface area contributed by atoms with Crippen LogP contribution in [-0.2, 0) is 36.8 Å². The minimum Gasteiger partial charge on any atom is -0.480 e. The maximum absolute atomic E-state index is 12.9. The van der Waals surface area contributed by atoms with Crippen molar-refractivity contribution in [2.75, 3.05) is 0 Å². The molecular weight excluding hydrogens is 486 g/mol. The second-order valence-corrected chi connectivity index (χ2v) is 8.44. The van der Waals surface area contributed by atoms with E-state index in [-0.39, 0.29) is 12.8 Å². The van der Waals surface area contributed by atoms with Crippen molar-refractivity contribution < 1.29 is 34.2 Å². The number of aromatic nitrogens is 2. The van der Waals surface area contributed by atoms with Crippen LogP contribution in [0.15, 0.2) is 42.9 Å². The summed E-state index contributed by atoms with van der Waals surface area (Å²) >= 11 is 0. The second-order valence-electron chi connectivity index (χ2n) is 8.44. The topological polar surface area (TPSA) is 243 Å². The highest BCUT2D eigenvalue weighted by Gasteiger charge is 2.33. The number of nitrogens with two attached hydrogens (primary N) is 2. The summed E-state index contributed by atoms with van der Waals surface area (Å²) in [6.45, 7) is 1.23. The van der Waals surface area contributed by atoms with Gasteiger partial charge in [-0.2, -0.15) is 0 Å². The zero-order valence-electron chi connectivity index (χ0n) is 20.1. The van der Waals surface area contributed by atoms with Gasteiger partial charge in [-0.25, -0.2) is 9.78 Å². The molecule has 2 rings (SSSR count). The first-order chi connectivity index (χ1) is 17.5. The van der Waals surface area contributed by atoms with Crippen molar-refractivity contribution in [1.29, 1.82) is 0 Å². The SMILES string of the molecule is CC(O)C(NC(=O)C(N)Cc1cnc[nH]1)C(=O)NC(CC(N)=O)C(=O)NC(Cc1ccccc1)C(=O)O. The summed E-state index contributed by atoms with van der Waals surface area (Å²) < 4.78 is 0. The van der Waals surface area contributed by atoms with Crippen molar-refractivity contribution in [3.8, 4) is 0 Å². The zero-order valence-corrected chi connectivity index (χ0v) is 20.1. The van der Waals surface area contributed by atoms with Crippen LogP contribution in [0.1, 0.15) is 24.6 Å². The van der Waals surface area contributed by atoms with Gasteiger partial charge in [0, 0.05) is 24.7 Å². The van der Waals surface area contributed by atoms with Gasteiger partial charge in [0.25, 0.3) is 0 Å². The molecule has 0 aliphatic carbocycles. The quantitative estimate of drug-likeness (QED) is 0.130. The smallest absolute Gasteiger partial charge is 0.326 e. The Kier molecular flexibility index (Phi) is 10.7. The van der Waals surface area contributed by atoms with Crippen molar-refractivity contribution in [1.82, 2.24) is 25.9 Å². The Morgan fingerprint density at radius 2 is 1.62 bits per heavy atom. The van der Waals surface area contributed by atoms with Crippen molar-refractivity contribution >= 4 is 29.6 Å². The fraction of sp³-hybridized carbons (Fsp3) is 0.391. The summed E-state index contributed by atoms with van der Waals surface area (Å²) in [6, 6.07) is 2.95. The molecule has 5 unspecified atom stereocenters. The van der Waals surface area contributed by atoms with Gasteiger partial charge < -0.3 is 42.6 Å². The number of carboxylic acid groups (broad SMARTS) is 1. The minimum atomic E-state index is -1.57. The number of aliphatic hydroxyl groups excluding tert-OH is 1. The lowest BCUT2D eigenvalue weighted by Crippen LogP contribution is -2.60. The van der Waals surface area contributed by atoms with E-state index < -0.39 is 66.3 Å². The lowest BCUT2D eigenvalue weighted by Gasteiger charge is -2.26. The number of hydrogen-bond donors (Lipinski definition) is 8. The largest absolute Gasteiger partial charge is 0.480 e. The molecule has 0 bridgehead atoms. The number of aliphatic carboxylic acids is 1. The van der Waals surface area contributed by atoms with E-state index in [2.05, 4.69) is 25.9 Å². The first-order valence-electron chi connectivity index (χ1n) is 11.3. The molecule has 0 saturated carbocycles. The van der Waals surface area contributed by atoms with Crippen LogP contribution in [0.25, 0.3) is 0 Å². The van der Waals surface area contributed by atoms with E-state index in [1.165, 1.54) is 19.4 Å². The molecular formula is C23H31N7O7. The van der Waals surface area contributed by atoms with Gasteiger partial charge in [-0.05, 0) is 12.5 Å². The van der Waals surface area contributed by atoms with Crippen molar-refractivity contribution in [3.63, 3.8) is 0 Å². The van der Waals surface area contributed by atoms with Gasteiger partial charge in [0.05, 0.1) is 24.9 Å². The van der Waals surface area contributed by atoms with Gasteiger partial charge in [0.2, 0.25) is 23.6 Å². The maximum Gasteiger partial charge on any atom is 0.326 e. The van der Waals surface area contributed by atoms with Crippen LogP contribution in [0.4, 0.5) is 0 Å². The van der Waals surface area contributed by atoms with Crippen LogP contribution >= 0.6 is 0 Å². The monoisotopic (exact) mass is 517 g/mol. The highest BCUT2D eigenvalue weighted by molar-refractivity contribution is 5.96. The fourth-order valence-corrected chi connectivity index (χ4v) is 3.39. The van der Waals surface area contributed by atoms with Crippen LogP contribution in [0, 0.1) is 0 Å². The average Bonchev–Trinajstić information content (AvgIpc) is 3.34. The molecule has 0 saturated heterocycles. The normalized spacial score (nSPS) is 14.9. The molecule has 10 N–H and O–H groups in total. The summed E-state index contributed by atoms with van der Waals surface area (Å²) in [4.78, 5) is 68.1. The van der Waals surface area contributed by atoms with Crippen molar-refractivity contribution in [3.05, 3.63) is 54.1 Å². The summed E-state index contributed by atoms with van der Waals surface area (Å²) in [7, 11) is 0. The highest BCUT2D eigenvalue weighted by atomic mass is 16.4. The zero-order chi connectivity index (χ0) is 27.5. The predicted octanol–water partition coefficient (Wildman–Crippen LogP) is -2.68. The number of nitrogens with zero attached hydrogens (tertiary/aromatic N) is 1. The van der Waals surface area contributed by atoms with E-state index >= 15 is 0 Å². The number of rotatable bonds is 14. The van der Waals surface area contributed by atoms with E-state index in [0.717, 1.165) is 0 Å². The Hall–Kier alpha value is -4.30. The molecule has 1 aromatic carbocycles. The molecule has 1 heterocycles. The van der Waals surface area contributed by atoms with Gasteiger partial charge >= 0.3 is 5.97 Å². The van der Waals surface area contributed by atoms with Crippen LogP contribution in [0.3, 0.4) is 0 Å². The molecule has 200 valence electrons. The maximum atomic E-state index is 12.9. The number of imidazole rings is 1. The summed E-state index contributed by atoms with van der Waals surface area (Å²) in [5.74, 6) is -5.03. The van der Waals surface area contributed by atoms with E-state index in [1.807, 2.05) is 0 Å². The third kappa shape index (κ3) is 9.35. The molecule has 0 spiro atoms. The number of amides is 4. The minimum absolute atomic E-state index is 0.0558. The van der Waals surface area contributed by atoms with Crippen molar-refractivity contribution in [2.24, 2.45) is 11.5 Å². The highest BCUT2D eigenvalue weighted by Crippen LogP contribution is 2.06. The number of aromatic amines is 1. The Balaban J connectivity index is 2.09. The number of primary amides is 1. The molecule has 14 heteroatoms. The molecule has 14 nitrogen and oxygen atoms in total. The Morgan fingerprint density at radius 3 is 2.16 bits per heavy atom. The Labute approximate surface area is 212 Å². The van der Waals surface area contributed by atoms with Crippen LogP contribution in [0.5, 0.6) is 0 Å². The number of hydrogen-bond acceptors (Lipinski definition) is 8. The molecule has 4 amide bonds.